The summed E-state index contributed by atoms with van der Waals surface area (Å²) >= 11 is 0. The fourth-order valence-electron chi connectivity index (χ4n) is 3.51. The Morgan fingerprint density at radius 2 is 1.71 bits per heavy atom. The van der Waals surface area contributed by atoms with E-state index < -0.39 is 33.7 Å². The van der Waals surface area contributed by atoms with E-state index in [0.717, 1.165) is 37.7 Å². The quantitative estimate of drug-likeness (QED) is 0.630. The number of carbonyl (C=O) groups is 2. The average molecular weight is 455 g/mol. The topological polar surface area (TPSA) is 102 Å². The van der Waals surface area contributed by atoms with E-state index in [-0.39, 0.29) is 17.5 Å². The average Bonchev–Trinajstić information content (AvgIpc) is 2.70. The number of carbonyl (C=O) groups excluding carboxylic acids is 2. The molecule has 31 heavy (non-hydrogen) atoms. The molecular weight excluding hydrogens is 420 g/mol. The molecule has 8 nitrogen and oxygen atoms in total. The number of nitrogens with zero attached hydrogens (tertiary/aromatic N) is 1. The maximum absolute atomic E-state index is 13.5. The van der Waals surface area contributed by atoms with Gasteiger partial charge in [0.15, 0.2) is 6.04 Å². The zero-order chi connectivity index (χ0) is 23.2. The number of benzene rings is 1. The van der Waals surface area contributed by atoms with Crippen LogP contribution in [0.1, 0.15) is 58.4 Å². The molecular formula is C22H34N2O6S. The number of hydrogen-bond donors (Lipinski definition) is 1. The van der Waals surface area contributed by atoms with Crippen LogP contribution in [0, 0.1) is 6.92 Å². The van der Waals surface area contributed by atoms with Crippen LogP contribution in [-0.4, -0.2) is 56.1 Å². The molecule has 1 saturated carbocycles. The Morgan fingerprint density at radius 1 is 1.13 bits per heavy atom. The number of hydrogen-bond acceptors (Lipinski definition) is 7. The van der Waals surface area contributed by atoms with Crippen LogP contribution in [0.3, 0.4) is 0 Å². The molecule has 0 saturated heterocycles. The van der Waals surface area contributed by atoms with Gasteiger partial charge in [-0.2, -0.15) is 4.31 Å². The number of aryl methyl sites for hydroxylation is 1. The van der Waals surface area contributed by atoms with Crippen molar-refractivity contribution in [1.29, 1.82) is 0 Å². The second-order valence-corrected chi connectivity index (χ2v) is 10.7. The molecule has 0 aromatic heterocycles. The minimum atomic E-state index is -4.38. The maximum atomic E-state index is 13.5. The van der Waals surface area contributed by atoms with Crippen LogP contribution in [0.5, 0.6) is 0 Å². The van der Waals surface area contributed by atoms with Crippen molar-refractivity contribution in [1.82, 2.24) is 9.62 Å². The molecule has 1 amide bonds. The Hall–Kier alpha value is -2.13. The number of nitrogens with one attached hydrogen (secondary N) is 1. The van der Waals surface area contributed by atoms with E-state index in [1.165, 1.54) is 19.2 Å². The highest BCUT2D eigenvalue weighted by molar-refractivity contribution is 7.89. The van der Waals surface area contributed by atoms with Crippen molar-refractivity contribution in [2.75, 3.05) is 13.7 Å². The molecule has 1 atom stereocenters. The number of ether oxygens (including phenoxy) is 2. The van der Waals surface area contributed by atoms with E-state index in [9.17, 15) is 18.0 Å². The summed E-state index contributed by atoms with van der Waals surface area (Å²) in [5, 5.41) is 3.25. The van der Waals surface area contributed by atoms with Crippen LogP contribution in [0.25, 0.3) is 0 Å². The Bertz CT molecular complexity index is 855. The van der Waals surface area contributed by atoms with E-state index >= 15 is 0 Å². The molecule has 1 aromatic rings. The van der Waals surface area contributed by atoms with Gasteiger partial charge in [0.05, 0.1) is 12.0 Å². The lowest BCUT2D eigenvalue weighted by molar-refractivity contribution is -0.145. The van der Waals surface area contributed by atoms with Crippen molar-refractivity contribution in [3.05, 3.63) is 29.8 Å². The second kappa shape index (κ2) is 10.5. The number of methoxy groups -OCH3 is 1. The van der Waals surface area contributed by atoms with Gasteiger partial charge in [-0.1, -0.05) is 37.0 Å². The highest BCUT2D eigenvalue weighted by Crippen LogP contribution is 2.24. The van der Waals surface area contributed by atoms with Crippen LogP contribution < -0.4 is 5.32 Å². The van der Waals surface area contributed by atoms with E-state index in [1.54, 1.807) is 32.9 Å². The largest absolute Gasteiger partial charge is 0.467 e. The number of esters is 1. The van der Waals surface area contributed by atoms with Crippen LogP contribution >= 0.6 is 0 Å². The molecule has 0 unspecified atom stereocenters. The third-order valence-electron chi connectivity index (χ3n) is 5.11. The third kappa shape index (κ3) is 6.93. The first-order valence-electron chi connectivity index (χ1n) is 10.6. The van der Waals surface area contributed by atoms with E-state index in [4.69, 9.17) is 9.47 Å². The summed E-state index contributed by atoms with van der Waals surface area (Å²) in [6.45, 7) is 6.67. The molecule has 2 rings (SSSR count). The smallest absolute Gasteiger partial charge is 0.425 e. The van der Waals surface area contributed by atoms with Crippen molar-refractivity contribution < 1.29 is 27.5 Å². The molecule has 1 aliphatic carbocycles. The van der Waals surface area contributed by atoms with Gasteiger partial charge in [-0.25, -0.2) is 18.0 Å². The van der Waals surface area contributed by atoms with Crippen LogP contribution in [0.2, 0.25) is 0 Å². The molecule has 0 radical (unpaired) electrons. The molecule has 1 N–H and O–H groups in total. The number of sulfonamides is 1. The molecule has 1 aliphatic rings. The van der Waals surface area contributed by atoms with Crippen molar-refractivity contribution in [3.63, 3.8) is 0 Å². The summed E-state index contributed by atoms with van der Waals surface area (Å²) in [5.41, 5.74) is -0.0819. The van der Waals surface area contributed by atoms with Crippen LogP contribution in [0.15, 0.2) is 29.2 Å². The molecule has 0 spiro atoms. The molecule has 0 aliphatic heterocycles. The summed E-state index contributed by atoms with van der Waals surface area (Å²) in [7, 11) is -3.21. The number of amides is 1. The molecule has 0 heterocycles. The monoisotopic (exact) mass is 454 g/mol. The molecule has 9 heteroatoms. The predicted octanol–water partition coefficient (Wildman–Crippen LogP) is 3.38. The van der Waals surface area contributed by atoms with Gasteiger partial charge in [0.2, 0.25) is 0 Å². The maximum Gasteiger partial charge on any atom is 0.425 e. The van der Waals surface area contributed by atoms with Gasteiger partial charge in [0.25, 0.3) is 10.0 Å². The molecule has 1 aromatic carbocycles. The van der Waals surface area contributed by atoms with Crippen LogP contribution in [0.4, 0.5) is 4.79 Å². The minimum absolute atomic E-state index is 0.0539. The van der Waals surface area contributed by atoms with Crippen molar-refractivity contribution >= 4 is 22.1 Å². The van der Waals surface area contributed by atoms with Crippen molar-refractivity contribution in [2.24, 2.45) is 0 Å². The van der Waals surface area contributed by atoms with E-state index in [1.807, 2.05) is 6.92 Å². The Morgan fingerprint density at radius 3 is 2.23 bits per heavy atom. The van der Waals surface area contributed by atoms with Gasteiger partial charge in [-0.15, -0.1) is 0 Å². The van der Waals surface area contributed by atoms with Gasteiger partial charge in [0.1, 0.15) is 5.60 Å². The first-order valence-corrected chi connectivity index (χ1v) is 12.0. The van der Waals surface area contributed by atoms with Gasteiger partial charge in [-0.3, -0.25) is 0 Å². The van der Waals surface area contributed by atoms with Crippen LogP contribution in [-0.2, 0) is 24.3 Å². The van der Waals surface area contributed by atoms with Gasteiger partial charge >= 0.3 is 12.1 Å². The number of rotatable bonds is 7. The van der Waals surface area contributed by atoms with Crippen molar-refractivity contribution in [3.8, 4) is 0 Å². The zero-order valence-electron chi connectivity index (χ0n) is 19.0. The fraction of sp³-hybridized carbons (Fsp3) is 0.636. The SMILES string of the molecule is COC(=O)[C@H](CNC1CCCCC1)N(C(=O)OC(C)(C)C)S(=O)(=O)c1ccc(C)cc1. The normalized spacial score (nSPS) is 16.4. The highest BCUT2D eigenvalue weighted by atomic mass is 32.2. The molecule has 1 fully saturated rings. The zero-order valence-corrected chi connectivity index (χ0v) is 19.8. The summed E-state index contributed by atoms with van der Waals surface area (Å²) in [4.78, 5) is 25.6. The first kappa shape index (κ1) is 25.1. The minimum Gasteiger partial charge on any atom is -0.467 e. The van der Waals surface area contributed by atoms with Crippen molar-refractivity contribution in [2.45, 2.75) is 82.4 Å². The van der Waals surface area contributed by atoms with Gasteiger partial charge in [-0.05, 0) is 52.7 Å². The third-order valence-corrected chi connectivity index (χ3v) is 6.90. The Labute approximate surface area is 185 Å². The second-order valence-electron chi connectivity index (χ2n) is 8.88. The summed E-state index contributed by atoms with van der Waals surface area (Å²) in [5.74, 6) is -0.829. The molecule has 174 valence electrons. The summed E-state index contributed by atoms with van der Waals surface area (Å²) in [6, 6.07) is 4.84. The van der Waals surface area contributed by atoms with Gasteiger partial charge < -0.3 is 14.8 Å². The van der Waals surface area contributed by atoms with Gasteiger partial charge in [0, 0.05) is 12.6 Å². The Kier molecular flexibility index (Phi) is 8.48. The first-order chi connectivity index (χ1) is 14.5. The predicted molar refractivity (Wildman–Crippen MR) is 117 cm³/mol. The molecule has 0 bridgehead atoms. The van der Waals surface area contributed by atoms with E-state index in [0.29, 0.717) is 4.31 Å². The lowest BCUT2D eigenvalue weighted by Gasteiger charge is -2.33. The summed E-state index contributed by atoms with van der Waals surface area (Å²) < 4.78 is 37.7. The lowest BCUT2D eigenvalue weighted by atomic mass is 9.95. The summed E-state index contributed by atoms with van der Waals surface area (Å²) in [6.07, 6.45) is 4.05. The lowest BCUT2D eigenvalue weighted by Crippen LogP contribution is -2.55. The fourth-order valence-corrected chi connectivity index (χ4v) is 4.94. The highest BCUT2D eigenvalue weighted by Gasteiger charge is 2.43. The standard InChI is InChI=1S/C22H34N2O6S/c1-16-11-13-18(14-12-16)31(27,28)24(21(26)30-22(2,3)4)19(20(25)29-5)15-23-17-9-7-6-8-10-17/h11-14,17,19,23H,6-10,15H2,1-5H3/t19-/m0/s1. The Balaban J connectivity index is 2.43. The van der Waals surface area contributed by atoms with E-state index in [2.05, 4.69) is 5.32 Å².